The molecule has 0 aliphatic carbocycles. The van der Waals surface area contributed by atoms with Crippen molar-refractivity contribution in [2.75, 3.05) is 5.73 Å². The van der Waals surface area contributed by atoms with Crippen molar-refractivity contribution in [1.82, 2.24) is 19.7 Å². The second-order valence-electron chi connectivity index (χ2n) is 3.78. The summed E-state index contributed by atoms with van der Waals surface area (Å²) in [6, 6.07) is 10.1. The number of hydrogen-bond donors (Lipinski definition) is 1. The number of nitrogen functional groups attached to an aromatic ring is 1. The zero-order chi connectivity index (χ0) is 11.7. The molecule has 0 fully saturated rings. The van der Waals surface area contributed by atoms with E-state index in [1.54, 1.807) is 6.20 Å². The van der Waals surface area contributed by atoms with Crippen LogP contribution < -0.4 is 5.73 Å². The summed E-state index contributed by atoms with van der Waals surface area (Å²) in [5.41, 5.74) is 7.70. The molecule has 0 saturated carbocycles. The van der Waals surface area contributed by atoms with Gasteiger partial charge in [-0.05, 0) is 5.56 Å². The first-order valence-electron chi connectivity index (χ1n) is 5.30. The van der Waals surface area contributed by atoms with Crippen molar-refractivity contribution in [1.29, 1.82) is 0 Å². The lowest BCUT2D eigenvalue weighted by molar-refractivity contribution is 0.704. The molecule has 0 unspecified atom stereocenters. The van der Waals surface area contributed by atoms with E-state index in [-0.39, 0.29) is 0 Å². The van der Waals surface area contributed by atoms with Crippen molar-refractivity contribution in [2.45, 2.75) is 6.54 Å². The van der Waals surface area contributed by atoms with E-state index in [4.69, 9.17) is 5.73 Å². The fourth-order valence-electron chi connectivity index (χ4n) is 1.78. The lowest BCUT2D eigenvalue weighted by Crippen LogP contribution is -2.03. The second-order valence-corrected chi connectivity index (χ2v) is 3.78. The van der Waals surface area contributed by atoms with Gasteiger partial charge >= 0.3 is 0 Å². The standard InChI is InChI=1S/C12H11N5/c13-11-10-6-16-17(12(10)15-8-14-11)7-9-4-2-1-3-5-9/h1-6,8H,7H2,(H2,13,14,15). The SMILES string of the molecule is Nc1ncnc2c1cnn2Cc1ccccc1. The highest BCUT2D eigenvalue weighted by atomic mass is 15.3. The van der Waals surface area contributed by atoms with Crippen LogP contribution in [0.1, 0.15) is 5.56 Å². The molecular formula is C12H11N5. The Balaban J connectivity index is 2.05. The van der Waals surface area contributed by atoms with Crippen molar-refractivity contribution >= 4 is 16.9 Å². The molecule has 0 bridgehead atoms. The number of benzene rings is 1. The van der Waals surface area contributed by atoms with E-state index in [9.17, 15) is 0 Å². The Hall–Kier alpha value is -2.43. The van der Waals surface area contributed by atoms with Crippen LogP contribution in [0, 0.1) is 0 Å². The van der Waals surface area contributed by atoms with E-state index in [1.807, 2.05) is 22.9 Å². The van der Waals surface area contributed by atoms with E-state index in [2.05, 4.69) is 27.2 Å². The van der Waals surface area contributed by atoms with Crippen LogP contribution in [0.2, 0.25) is 0 Å². The van der Waals surface area contributed by atoms with Gasteiger partial charge in [0.1, 0.15) is 12.1 Å². The van der Waals surface area contributed by atoms with Crippen molar-refractivity contribution in [2.24, 2.45) is 0 Å². The molecule has 0 aliphatic rings. The van der Waals surface area contributed by atoms with E-state index in [1.165, 1.54) is 11.9 Å². The Morgan fingerprint density at radius 2 is 1.94 bits per heavy atom. The molecule has 84 valence electrons. The molecule has 1 aromatic carbocycles. The first-order chi connectivity index (χ1) is 8.34. The Labute approximate surface area is 97.9 Å². The largest absolute Gasteiger partial charge is 0.383 e. The zero-order valence-electron chi connectivity index (χ0n) is 9.11. The van der Waals surface area contributed by atoms with Gasteiger partial charge in [-0.1, -0.05) is 30.3 Å². The summed E-state index contributed by atoms with van der Waals surface area (Å²) in [5, 5.41) is 5.08. The average molecular weight is 225 g/mol. The predicted molar refractivity (Wildman–Crippen MR) is 65.3 cm³/mol. The molecule has 5 nitrogen and oxygen atoms in total. The normalized spacial score (nSPS) is 10.8. The number of hydrogen-bond acceptors (Lipinski definition) is 4. The van der Waals surface area contributed by atoms with Crippen LogP contribution in [-0.4, -0.2) is 19.7 Å². The zero-order valence-corrected chi connectivity index (χ0v) is 9.11. The van der Waals surface area contributed by atoms with Crippen LogP contribution in [0.15, 0.2) is 42.9 Å². The summed E-state index contributed by atoms with van der Waals surface area (Å²) in [5.74, 6) is 0.467. The van der Waals surface area contributed by atoms with Gasteiger partial charge in [-0.3, -0.25) is 0 Å². The third-order valence-corrected chi connectivity index (χ3v) is 2.64. The Bertz CT molecular complexity index is 644. The minimum atomic E-state index is 0.467. The minimum absolute atomic E-state index is 0.467. The van der Waals surface area contributed by atoms with Gasteiger partial charge in [0.05, 0.1) is 18.1 Å². The van der Waals surface area contributed by atoms with Crippen LogP contribution >= 0.6 is 0 Å². The molecule has 0 spiro atoms. The quantitative estimate of drug-likeness (QED) is 0.716. The minimum Gasteiger partial charge on any atom is -0.383 e. The molecule has 17 heavy (non-hydrogen) atoms. The van der Waals surface area contributed by atoms with E-state index in [0.717, 1.165) is 11.0 Å². The van der Waals surface area contributed by atoms with Gasteiger partial charge in [0.15, 0.2) is 5.65 Å². The van der Waals surface area contributed by atoms with E-state index in [0.29, 0.717) is 12.4 Å². The summed E-state index contributed by atoms with van der Waals surface area (Å²) in [7, 11) is 0. The average Bonchev–Trinajstić information content (AvgIpc) is 2.76. The maximum atomic E-state index is 5.76. The van der Waals surface area contributed by atoms with Gasteiger partial charge in [0.25, 0.3) is 0 Å². The highest BCUT2D eigenvalue weighted by Crippen LogP contribution is 2.16. The monoisotopic (exact) mass is 225 g/mol. The van der Waals surface area contributed by atoms with Gasteiger partial charge in [0.2, 0.25) is 0 Å². The molecule has 0 saturated heterocycles. The molecule has 0 amide bonds. The van der Waals surface area contributed by atoms with Crippen LogP contribution in [0.5, 0.6) is 0 Å². The summed E-state index contributed by atoms with van der Waals surface area (Å²) in [6.07, 6.45) is 3.16. The lowest BCUT2D eigenvalue weighted by Gasteiger charge is -2.02. The van der Waals surface area contributed by atoms with Gasteiger partial charge < -0.3 is 5.73 Å². The molecule has 3 rings (SSSR count). The van der Waals surface area contributed by atoms with Crippen molar-refractivity contribution in [3.63, 3.8) is 0 Å². The molecule has 3 aromatic rings. The molecule has 2 heterocycles. The van der Waals surface area contributed by atoms with Crippen LogP contribution in [0.4, 0.5) is 5.82 Å². The summed E-state index contributed by atoms with van der Waals surface area (Å²) in [4.78, 5) is 8.15. The first-order valence-corrected chi connectivity index (χ1v) is 5.30. The second kappa shape index (κ2) is 3.86. The summed E-state index contributed by atoms with van der Waals surface area (Å²) in [6.45, 7) is 0.681. The highest BCUT2D eigenvalue weighted by molar-refractivity contribution is 5.84. The van der Waals surface area contributed by atoms with Gasteiger partial charge in [-0.25, -0.2) is 14.6 Å². The first kappa shape index (κ1) is 9.77. The maximum Gasteiger partial charge on any atom is 0.163 e. The molecule has 2 N–H and O–H groups in total. The van der Waals surface area contributed by atoms with Gasteiger partial charge in [-0.2, -0.15) is 5.10 Å². The van der Waals surface area contributed by atoms with Crippen LogP contribution in [0.3, 0.4) is 0 Å². The van der Waals surface area contributed by atoms with Gasteiger partial charge in [-0.15, -0.1) is 0 Å². The number of fused-ring (bicyclic) bond motifs is 1. The van der Waals surface area contributed by atoms with Crippen molar-refractivity contribution in [3.8, 4) is 0 Å². The molecule has 2 aromatic heterocycles. The lowest BCUT2D eigenvalue weighted by atomic mass is 10.2. The van der Waals surface area contributed by atoms with Crippen LogP contribution in [-0.2, 0) is 6.54 Å². The Morgan fingerprint density at radius 3 is 2.76 bits per heavy atom. The molecule has 0 aliphatic heterocycles. The van der Waals surface area contributed by atoms with Crippen molar-refractivity contribution in [3.05, 3.63) is 48.4 Å². The smallest absolute Gasteiger partial charge is 0.163 e. The fourth-order valence-corrected chi connectivity index (χ4v) is 1.78. The highest BCUT2D eigenvalue weighted by Gasteiger charge is 2.07. The number of rotatable bonds is 2. The maximum absolute atomic E-state index is 5.76. The van der Waals surface area contributed by atoms with E-state index < -0.39 is 0 Å². The number of anilines is 1. The fraction of sp³-hybridized carbons (Fsp3) is 0.0833. The number of nitrogens with zero attached hydrogens (tertiary/aromatic N) is 4. The molecule has 5 heteroatoms. The Kier molecular flexibility index (Phi) is 2.22. The summed E-state index contributed by atoms with van der Waals surface area (Å²) < 4.78 is 1.82. The van der Waals surface area contributed by atoms with E-state index >= 15 is 0 Å². The predicted octanol–water partition coefficient (Wildman–Crippen LogP) is 1.46. The summed E-state index contributed by atoms with van der Waals surface area (Å²) >= 11 is 0. The molecule has 0 radical (unpaired) electrons. The molecule has 0 atom stereocenters. The number of nitrogens with two attached hydrogens (primary N) is 1. The van der Waals surface area contributed by atoms with Crippen molar-refractivity contribution < 1.29 is 0 Å². The Morgan fingerprint density at radius 1 is 1.12 bits per heavy atom. The third kappa shape index (κ3) is 1.71. The van der Waals surface area contributed by atoms with Crippen LogP contribution in [0.25, 0.3) is 11.0 Å². The molecular weight excluding hydrogens is 214 g/mol. The third-order valence-electron chi connectivity index (χ3n) is 2.64. The van der Waals surface area contributed by atoms with Gasteiger partial charge in [0, 0.05) is 0 Å². The topological polar surface area (TPSA) is 69.6 Å². The number of aromatic nitrogens is 4.